The molecule has 0 N–H and O–H groups in total. The van der Waals surface area contributed by atoms with Gasteiger partial charge >= 0.3 is 12.1 Å². The lowest BCUT2D eigenvalue weighted by molar-refractivity contribution is -0.170. The van der Waals surface area contributed by atoms with Crippen molar-refractivity contribution in [1.29, 1.82) is 0 Å². The number of nitrogens with zero attached hydrogens (tertiary/aromatic N) is 1. The summed E-state index contributed by atoms with van der Waals surface area (Å²) in [7, 11) is 0. The first-order chi connectivity index (χ1) is 8.84. The maximum absolute atomic E-state index is 12.6. The molecule has 1 heterocycles. The molecule has 1 aromatic rings. The Hall–Kier alpha value is -1.23. The van der Waals surface area contributed by atoms with E-state index in [4.69, 9.17) is 11.6 Å². The molecule has 1 amide bonds. The lowest BCUT2D eigenvalue weighted by Crippen LogP contribution is -2.44. The fourth-order valence-electron chi connectivity index (χ4n) is 2.40. The number of carbonyl (C=O) groups is 1. The van der Waals surface area contributed by atoms with Gasteiger partial charge in [-0.1, -0.05) is 12.1 Å². The molecule has 0 fully saturated rings. The van der Waals surface area contributed by atoms with Crippen LogP contribution in [0.2, 0.25) is 0 Å². The van der Waals surface area contributed by atoms with Crippen LogP contribution in [-0.2, 0) is 17.6 Å². The van der Waals surface area contributed by atoms with Gasteiger partial charge in [0.1, 0.15) is 0 Å². The van der Waals surface area contributed by atoms with Crippen LogP contribution in [0.4, 0.5) is 18.9 Å². The highest BCUT2D eigenvalue weighted by atomic mass is 35.5. The fraction of sp³-hybridized carbons (Fsp3) is 0.462. The molecule has 104 valence electrons. The van der Waals surface area contributed by atoms with Crippen molar-refractivity contribution in [2.24, 2.45) is 0 Å². The van der Waals surface area contributed by atoms with Crippen molar-refractivity contribution < 1.29 is 18.0 Å². The molecular formula is C13H13ClF3NO. The first-order valence-corrected chi connectivity index (χ1v) is 6.46. The van der Waals surface area contributed by atoms with Crippen molar-refractivity contribution in [1.82, 2.24) is 0 Å². The van der Waals surface area contributed by atoms with Crippen molar-refractivity contribution >= 4 is 23.2 Å². The zero-order valence-electron chi connectivity index (χ0n) is 10.3. The van der Waals surface area contributed by atoms with E-state index in [1.165, 1.54) is 0 Å². The topological polar surface area (TPSA) is 20.3 Å². The quantitative estimate of drug-likeness (QED) is 0.766. The second-order valence-corrected chi connectivity index (χ2v) is 5.01. The van der Waals surface area contributed by atoms with Crippen LogP contribution in [0.15, 0.2) is 18.2 Å². The predicted octanol–water partition coefficient (Wildman–Crippen LogP) is 3.31. The molecule has 1 aliphatic heterocycles. The van der Waals surface area contributed by atoms with Crippen LogP contribution >= 0.6 is 11.6 Å². The van der Waals surface area contributed by atoms with E-state index >= 15 is 0 Å². The van der Waals surface area contributed by atoms with Gasteiger partial charge in [0.2, 0.25) is 0 Å². The molecule has 1 aromatic carbocycles. The van der Waals surface area contributed by atoms with Crippen LogP contribution < -0.4 is 4.90 Å². The molecule has 0 aliphatic carbocycles. The number of rotatable bonds is 2. The molecule has 0 radical (unpaired) electrons. The monoisotopic (exact) mass is 291 g/mol. The van der Waals surface area contributed by atoms with E-state index in [1.54, 1.807) is 19.1 Å². The van der Waals surface area contributed by atoms with Crippen LogP contribution in [0.5, 0.6) is 0 Å². The molecule has 2 rings (SSSR count). The van der Waals surface area contributed by atoms with E-state index < -0.39 is 18.1 Å². The number of carbonyl (C=O) groups excluding carboxylic acids is 1. The third-order valence-electron chi connectivity index (χ3n) is 3.20. The maximum Gasteiger partial charge on any atom is 0.471 e. The summed E-state index contributed by atoms with van der Waals surface area (Å²) in [4.78, 5) is 12.3. The first-order valence-electron chi connectivity index (χ1n) is 5.92. The lowest BCUT2D eigenvalue weighted by atomic mass is 10.1. The summed E-state index contributed by atoms with van der Waals surface area (Å²) in [6, 6.07) is 4.65. The van der Waals surface area contributed by atoms with Crippen LogP contribution in [0.3, 0.4) is 0 Å². The van der Waals surface area contributed by atoms with E-state index in [2.05, 4.69) is 0 Å². The predicted molar refractivity (Wildman–Crippen MR) is 67.6 cm³/mol. The summed E-state index contributed by atoms with van der Waals surface area (Å²) in [6.07, 6.45) is -3.74. The normalized spacial score (nSPS) is 18.6. The molecule has 0 bridgehead atoms. The highest BCUT2D eigenvalue weighted by Gasteiger charge is 2.46. The van der Waals surface area contributed by atoms with E-state index in [0.29, 0.717) is 24.4 Å². The van der Waals surface area contributed by atoms with Crippen molar-refractivity contribution in [2.75, 3.05) is 10.8 Å². The molecule has 2 nitrogen and oxygen atoms in total. The Morgan fingerprint density at radius 1 is 1.47 bits per heavy atom. The van der Waals surface area contributed by atoms with E-state index in [-0.39, 0.29) is 0 Å². The third kappa shape index (κ3) is 2.71. The Labute approximate surface area is 114 Å². The van der Waals surface area contributed by atoms with Gasteiger partial charge in [-0.2, -0.15) is 13.2 Å². The van der Waals surface area contributed by atoms with Gasteiger partial charge in [0, 0.05) is 17.6 Å². The number of hydrogen-bond donors (Lipinski definition) is 0. The minimum atomic E-state index is -4.84. The van der Waals surface area contributed by atoms with Gasteiger partial charge in [-0.25, -0.2) is 0 Å². The number of benzene rings is 1. The Bertz CT molecular complexity index is 501. The van der Waals surface area contributed by atoms with Crippen molar-refractivity contribution in [3.8, 4) is 0 Å². The minimum Gasteiger partial charge on any atom is -0.301 e. The second kappa shape index (κ2) is 5.04. The molecule has 6 heteroatoms. The van der Waals surface area contributed by atoms with E-state index in [0.717, 1.165) is 16.0 Å². The highest BCUT2D eigenvalue weighted by Crippen LogP contribution is 2.36. The number of anilines is 1. The van der Waals surface area contributed by atoms with Crippen molar-refractivity contribution in [3.63, 3.8) is 0 Å². The molecule has 1 atom stereocenters. The molecule has 0 saturated carbocycles. The first kappa shape index (κ1) is 14.2. The number of fused-ring (bicyclic) bond motifs is 1. The smallest absolute Gasteiger partial charge is 0.301 e. The Morgan fingerprint density at radius 3 is 2.74 bits per heavy atom. The zero-order valence-corrected chi connectivity index (χ0v) is 11.1. The van der Waals surface area contributed by atoms with Gasteiger partial charge in [0.05, 0.1) is 0 Å². The number of amides is 1. The van der Waals surface area contributed by atoms with Crippen LogP contribution in [0.1, 0.15) is 18.1 Å². The van der Waals surface area contributed by atoms with Crippen LogP contribution in [0.25, 0.3) is 0 Å². The Balaban J connectivity index is 2.35. The van der Waals surface area contributed by atoms with Crippen molar-refractivity contribution in [2.45, 2.75) is 32.0 Å². The number of halogens is 4. The number of alkyl halides is 4. The molecule has 0 saturated heterocycles. The highest BCUT2D eigenvalue weighted by molar-refractivity contribution is 6.18. The van der Waals surface area contributed by atoms with Gasteiger partial charge in [-0.05, 0) is 37.0 Å². The summed E-state index contributed by atoms with van der Waals surface area (Å²) < 4.78 is 37.7. The van der Waals surface area contributed by atoms with Gasteiger partial charge < -0.3 is 4.90 Å². The van der Waals surface area contributed by atoms with Crippen molar-refractivity contribution in [3.05, 3.63) is 29.3 Å². The largest absolute Gasteiger partial charge is 0.471 e. The van der Waals surface area contributed by atoms with E-state index in [9.17, 15) is 18.0 Å². The lowest BCUT2D eigenvalue weighted by Gasteiger charge is -2.23. The molecule has 1 aliphatic rings. The molecule has 0 aromatic heterocycles. The molecule has 1 unspecified atom stereocenters. The average Bonchev–Trinajstić information content (AvgIpc) is 2.62. The van der Waals surface area contributed by atoms with Gasteiger partial charge in [0.15, 0.2) is 0 Å². The number of hydrogen-bond acceptors (Lipinski definition) is 1. The average molecular weight is 292 g/mol. The van der Waals surface area contributed by atoms with Crippen LogP contribution in [0, 0.1) is 0 Å². The molecule has 19 heavy (non-hydrogen) atoms. The summed E-state index contributed by atoms with van der Waals surface area (Å²) in [5.41, 5.74) is 2.10. The summed E-state index contributed by atoms with van der Waals surface area (Å²) in [6.45, 7) is 1.62. The maximum atomic E-state index is 12.6. The summed E-state index contributed by atoms with van der Waals surface area (Å²) in [5.74, 6) is -1.34. The second-order valence-electron chi connectivity index (χ2n) is 4.63. The SMILES string of the molecule is CC1Cc2cc(CCCl)ccc2N1C(=O)C(F)(F)F. The number of aryl methyl sites for hydroxylation is 1. The molecule has 0 spiro atoms. The van der Waals surface area contributed by atoms with E-state index in [1.807, 2.05) is 6.07 Å². The fourth-order valence-corrected chi connectivity index (χ4v) is 2.61. The summed E-state index contributed by atoms with van der Waals surface area (Å²) >= 11 is 5.64. The van der Waals surface area contributed by atoms with Crippen LogP contribution in [-0.4, -0.2) is 24.0 Å². The minimum absolute atomic E-state index is 0.355. The Morgan fingerprint density at radius 2 is 2.16 bits per heavy atom. The standard InChI is InChI=1S/C13H13ClF3NO/c1-8-6-10-7-9(4-5-14)2-3-11(10)18(8)12(19)13(15,16)17/h2-3,7-8H,4-6H2,1H3. The van der Waals surface area contributed by atoms with Gasteiger partial charge in [0.25, 0.3) is 0 Å². The van der Waals surface area contributed by atoms with Gasteiger partial charge in [-0.3, -0.25) is 4.79 Å². The third-order valence-corrected chi connectivity index (χ3v) is 3.39. The molecular weight excluding hydrogens is 279 g/mol. The van der Waals surface area contributed by atoms with Gasteiger partial charge in [-0.15, -0.1) is 11.6 Å². The Kier molecular flexibility index (Phi) is 3.76. The zero-order chi connectivity index (χ0) is 14.2. The summed E-state index contributed by atoms with van der Waals surface area (Å²) in [5, 5.41) is 0.